The summed E-state index contributed by atoms with van der Waals surface area (Å²) in [6.07, 6.45) is 0.934. The first-order valence-corrected chi connectivity index (χ1v) is 11.8. The van der Waals surface area contributed by atoms with E-state index in [2.05, 4.69) is 10.4 Å². The summed E-state index contributed by atoms with van der Waals surface area (Å²) in [6, 6.07) is 4.12. The van der Waals surface area contributed by atoms with Crippen molar-refractivity contribution >= 4 is 39.9 Å². The molecule has 0 aliphatic rings. The predicted molar refractivity (Wildman–Crippen MR) is 129 cm³/mol. The van der Waals surface area contributed by atoms with Gasteiger partial charge in [0.05, 0.1) is 23.2 Å². The van der Waals surface area contributed by atoms with Crippen LogP contribution >= 0.6 is 11.3 Å². The van der Waals surface area contributed by atoms with E-state index in [-0.39, 0.29) is 40.2 Å². The van der Waals surface area contributed by atoms with Crippen LogP contribution in [-0.2, 0) is 16.2 Å². The number of rotatable bonds is 10. The third kappa shape index (κ3) is 6.46. The molecule has 1 N–H and O–H groups in total. The molecule has 3 rings (SSSR count). The van der Waals surface area contributed by atoms with Gasteiger partial charge in [0, 0.05) is 18.3 Å². The van der Waals surface area contributed by atoms with Crippen molar-refractivity contribution in [2.45, 2.75) is 40.5 Å². The zero-order valence-corrected chi connectivity index (χ0v) is 21.1. The van der Waals surface area contributed by atoms with Crippen molar-refractivity contribution < 1.29 is 37.9 Å². The van der Waals surface area contributed by atoms with Crippen LogP contribution in [-0.4, -0.2) is 45.3 Å². The number of aromatic nitrogens is 2. The summed E-state index contributed by atoms with van der Waals surface area (Å²) in [5.41, 5.74) is -0.182. The monoisotopic (exact) mass is 534 g/mol. The van der Waals surface area contributed by atoms with E-state index in [1.807, 2.05) is 0 Å². The van der Waals surface area contributed by atoms with E-state index in [1.165, 1.54) is 16.9 Å². The van der Waals surface area contributed by atoms with E-state index in [9.17, 15) is 28.9 Å². The lowest BCUT2D eigenvalue weighted by Gasteiger charge is -2.10. The second-order valence-electron chi connectivity index (χ2n) is 7.77. The summed E-state index contributed by atoms with van der Waals surface area (Å²) in [5, 5.41) is 17.8. The minimum absolute atomic E-state index is 0.0243. The number of benzene rings is 1. The van der Waals surface area contributed by atoms with Crippen LogP contribution in [0.3, 0.4) is 0 Å². The Labute approximate surface area is 214 Å². The third-order valence-corrected chi connectivity index (χ3v) is 5.91. The largest absolute Gasteiger partial charge is 0.464 e. The number of hydrogen-bond acceptors (Lipinski definition) is 10. The molecule has 2 aromatic heterocycles. The number of carbonyl (C=O) groups excluding carboxylic acids is 3. The summed E-state index contributed by atoms with van der Waals surface area (Å²) in [4.78, 5) is 48.5. The van der Waals surface area contributed by atoms with E-state index in [0.29, 0.717) is 5.56 Å². The molecule has 0 unspecified atom stereocenters. The van der Waals surface area contributed by atoms with Gasteiger partial charge in [0.15, 0.2) is 12.4 Å². The Kier molecular flexibility index (Phi) is 8.55. The number of halogens is 1. The minimum Gasteiger partial charge on any atom is -0.464 e. The number of ether oxygens (including phenoxy) is 3. The highest BCUT2D eigenvalue weighted by Crippen LogP contribution is 2.35. The van der Waals surface area contributed by atoms with E-state index in [0.717, 1.165) is 29.5 Å². The van der Waals surface area contributed by atoms with E-state index in [1.54, 1.807) is 27.7 Å². The molecule has 0 fully saturated rings. The van der Waals surface area contributed by atoms with Gasteiger partial charge in [-0.1, -0.05) is 0 Å². The smallest absolute Gasteiger partial charge is 0.348 e. The fourth-order valence-electron chi connectivity index (χ4n) is 3.12. The van der Waals surface area contributed by atoms with Crippen LogP contribution in [0.5, 0.6) is 5.75 Å². The van der Waals surface area contributed by atoms with Crippen molar-refractivity contribution in [3.8, 4) is 5.75 Å². The van der Waals surface area contributed by atoms with Crippen LogP contribution in [0.4, 0.5) is 15.1 Å². The van der Waals surface area contributed by atoms with Gasteiger partial charge >= 0.3 is 17.6 Å². The molecule has 0 radical (unpaired) electrons. The fraction of sp³-hybridized carbons (Fsp3) is 0.304. The minimum atomic E-state index is -0.721. The number of thiophene rings is 1. The number of nitrogens with zero attached hydrogens (tertiary/aromatic N) is 3. The van der Waals surface area contributed by atoms with E-state index < -0.39 is 40.4 Å². The van der Waals surface area contributed by atoms with Crippen LogP contribution < -0.4 is 10.1 Å². The van der Waals surface area contributed by atoms with Crippen molar-refractivity contribution in [3.63, 3.8) is 0 Å². The number of carbonyl (C=O) groups is 3. The zero-order chi connectivity index (χ0) is 27.3. The second-order valence-corrected chi connectivity index (χ2v) is 8.79. The topological polar surface area (TPSA) is 152 Å². The Bertz CT molecular complexity index is 1350. The Morgan fingerprint density at radius 2 is 1.97 bits per heavy atom. The zero-order valence-electron chi connectivity index (χ0n) is 20.3. The molecule has 37 heavy (non-hydrogen) atoms. The van der Waals surface area contributed by atoms with Gasteiger partial charge in [0.2, 0.25) is 5.75 Å². The van der Waals surface area contributed by atoms with Crippen molar-refractivity contribution in [2.24, 2.45) is 0 Å². The number of esters is 2. The van der Waals surface area contributed by atoms with Gasteiger partial charge in [0.1, 0.15) is 15.7 Å². The van der Waals surface area contributed by atoms with Crippen molar-refractivity contribution in [1.29, 1.82) is 0 Å². The van der Waals surface area contributed by atoms with Gasteiger partial charge in [-0.05, 0) is 45.4 Å². The molecule has 12 nitrogen and oxygen atoms in total. The average Bonchev–Trinajstić information content (AvgIpc) is 3.42. The maximum atomic E-state index is 13.5. The summed E-state index contributed by atoms with van der Waals surface area (Å²) >= 11 is 0.867. The van der Waals surface area contributed by atoms with Crippen LogP contribution in [0, 0.1) is 22.9 Å². The summed E-state index contributed by atoms with van der Waals surface area (Å²) in [6.45, 7) is 6.29. The molecule has 0 saturated heterocycles. The van der Waals surface area contributed by atoms with Crippen LogP contribution in [0.15, 0.2) is 30.5 Å². The molecule has 0 atom stereocenters. The third-order valence-electron chi connectivity index (χ3n) is 4.73. The molecule has 1 aromatic carbocycles. The van der Waals surface area contributed by atoms with Crippen molar-refractivity contribution in [3.05, 3.63) is 68.1 Å². The second kappa shape index (κ2) is 11.6. The van der Waals surface area contributed by atoms with Gasteiger partial charge in [-0.3, -0.25) is 14.9 Å². The molecule has 0 saturated carbocycles. The van der Waals surface area contributed by atoms with Crippen molar-refractivity contribution in [1.82, 2.24) is 9.78 Å². The van der Waals surface area contributed by atoms with Crippen LogP contribution in [0.1, 0.15) is 56.9 Å². The highest BCUT2D eigenvalue weighted by molar-refractivity contribution is 7.18. The lowest BCUT2D eigenvalue weighted by Crippen LogP contribution is -2.18. The number of nitro benzene ring substituents is 1. The summed E-state index contributed by atoms with van der Waals surface area (Å²) < 4.78 is 30.3. The first-order valence-electron chi connectivity index (χ1n) is 10.9. The SMILES string of the molecule is CCOC(=O)c1sc(NC(=O)c2ccn(COc3cc(F)ccc3[N+](=O)[O-])n2)c(C(=O)OC(C)C)c1C. The number of nitro groups is 1. The molecule has 0 spiro atoms. The Hall–Kier alpha value is -4.33. The molecular weight excluding hydrogens is 511 g/mol. The van der Waals surface area contributed by atoms with E-state index >= 15 is 0 Å². The van der Waals surface area contributed by atoms with Crippen LogP contribution in [0.25, 0.3) is 0 Å². The molecule has 0 bridgehead atoms. The molecule has 196 valence electrons. The predicted octanol–water partition coefficient (Wildman–Crippen LogP) is 4.33. The lowest BCUT2D eigenvalue weighted by molar-refractivity contribution is -0.386. The quantitative estimate of drug-likeness (QED) is 0.227. The van der Waals surface area contributed by atoms with Gasteiger partial charge in [-0.25, -0.2) is 18.7 Å². The average molecular weight is 535 g/mol. The fourth-order valence-corrected chi connectivity index (χ4v) is 4.21. The number of hydrogen-bond donors (Lipinski definition) is 1. The Morgan fingerprint density at radius 3 is 2.62 bits per heavy atom. The van der Waals surface area contributed by atoms with Gasteiger partial charge in [-0.2, -0.15) is 5.10 Å². The normalized spacial score (nSPS) is 10.8. The van der Waals surface area contributed by atoms with Gasteiger partial charge in [0.25, 0.3) is 5.91 Å². The number of anilines is 1. The molecule has 2 heterocycles. The highest BCUT2D eigenvalue weighted by atomic mass is 32.1. The molecule has 0 aliphatic heterocycles. The van der Waals surface area contributed by atoms with Gasteiger partial charge in [-0.15, -0.1) is 11.3 Å². The Morgan fingerprint density at radius 1 is 1.24 bits per heavy atom. The first kappa shape index (κ1) is 27.3. The van der Waals surface area contributed by atoms with Gasteiger partial charge < -0.3 is 19.5 Å². The van der Waals surface area contributed by atoms with Crippen LogP contribution in [0.2, 0.25) is 0 Å². The Balaban J connectivity index is 1.80. The molecule has 14 heteroatoms. The molecule has 0 aliphatic carbocycles. The summed E-state index contributed by atoms with van der Waals surface area (Å²) in [5.74, 6) is -3.09. The lowest BCUT2D eigenvalue weighted by atomic mass is 10.1. The molecular formula is C23H23FN4O8S. The standard InChI is InChI=1S/C23H23FN4O8S/c1-5-34-23(31)19-13(4)18(22(30)36-12(2)3)21(37-19)25-20(29)15-8-9-27(26-15)11-35-17-10-14(24)6-7-16(17)28(32)33/h6-10,12H,5,11H2,1-4H3,(H,25,29). The summed E-state index contributed by atoms with van der Waals surface area (Å²) in [7, 11) is 0. The highest BCUT2D eigenvalue weighted by Gasteiger charge is 2.28. The van der Waals surface area contributed by atoms with E-state index in [4.69, 9.17) is 14.2 Å². The maximum Gasteiger partial charge on any atom is 0.348 e. The maximum absolute atomic E-state index is 13.5. The number of amides is 1. The first-order chi connectivity index (χ1) is 17.5. The molecule has 1 amide bonds. The van der Waals surface area contributed by atoms with Crippen molar-refractivity contribution in [2.75, 3.05) is 11.9 Å². The number of nitrogens with one attached hydrogen (secondary N) is 1. The molecule has 3 aromatic rings.